The van der Waals surface area contributed by atoms with Gasteiger partial charge >= 0.3 is 0 Å². The van der Waals surface area contributed by atoms with Gasteiger partial charge in [-0.25, -0.2) is 9.97 Å². The molecule has 1 aromatic rings. The van der Waals surface area contributed by atoms with E-state index in [1.165, 1.54) is 12.8 Å². The van der Waals surface area contributed by atoms with Crippen molar-refractivity contribution in [3.8, 4) is 0 Å². The van der Waals surface area contributed by atoms with Gasteiger partial charge in [-0.1, -0.05) is 18.7 Å². The molecule has 1 heterocycles. The molecule has 14 heavy (non-hydrogen) atoms. The maximum atomic E-state index is 4.22. The van der Waals surface area contributed by atoms with Gasteiger partial charge in [-0.05, 0) is 30.6 Å². The molecule has 0 aliphatic rings. The van der Waals surface area contributed by atoms with E-state index in [1.54, 1.807) is 24.2 Å². The number of thioether (sulfide) groups is 1. The maximum Gasteiger partial charge on any atom is 0.187 e. The fourth-order valence-electron chi connectivity index (χ4n) is 1.08. The Labute approximate surface area is 95.3 Å². The Balaban J connectivity index is 2.16. The number of hydrogen-bond acceptors (Lipinski definition) is 4. The Kier molecular flexibility index (Phi) is 6.03. The highest BCUT2D eigenvalue weighted by Gasteiger charge is 2.02. The van der Waals surface area contributed by atoms with E-state index in [0.29, 0.717) is 0 Å². The van der Waals surface area contributed by atoms with E-state index in [9.17, 15) is 0 Å². The van der Waals surface area contributed by atoms with Crippen LogP contribution in [-0.4, -0.2) is 21.5 Å². The molecule has 1 atom stereocenters. The zero-order chi connectivity index (χ0) is 10.2. The van der Waals surface area contributed by atoms with Crippen LogP contribution in [0.1, 0.15) is 19.8 Å². The van der Waals surface area contributed by atoms with Crippen LogP contribution in [0.5, 0.6) is 0 Å². The summed E-state index contributed by atoms with van der Waals surface area (Å²) in [7, 11) is 0. The minimum Gasteiger partial charge on any atom is -0.231 e. The third-order valence-electron chi connectivity index (χ3n) is 2.01. The molecule has 0 saturated heterocycles. The normalized spacial score (nSPS) is 12.7. The van der Waals surface area contributed by atoms with Gasteiger partial charge in [0, 0.05) is 18.1 Å². The smallest absolute Gasteiger partial charge is 0.187 e. The van der Waals surface area contributed by atoms with E-state index in [0.717, 1.165) is 22.6 Å². The lowest BCUT2D eigenvalue weighted by atomic mass is 10.1. The van der Waals surface area contributed by atoms with Crippen molar-refractivity contribution in [1.82, 2.24) is 9.97 Å². The third kappa shape index (κ3) is 4.86. The van der Waals surface area contributed by atoms with E-state index < -0.39 is 0 Å². The lowest BCUT2D eigenvalue weighted by Gasteiger charge is -2.07. The van der Waals surface area contributed by atoms with E-state index in [-0.39, 0.29) is 0 Å². The molecule has 0 radical (unpaired) electrons. The molecule has 1 rings (SSSR count). The molecule has 0 bridgehead atoms. The summed E-state index contributed by atoms with van der Waals surface area (Å²) in [6.45, 7) is 2.27. The van der Waals surface area contributed by atoms with Gasteiger partial charge in [-0.15, -0.1) is 0 Å². The topological polar surface area (TPSA) is 25.8 Å². The standard InChI is InChI=1S/C10H16N2S2/c1-9(3-7-13)4-8-14-10-11-5-2-6-12-10/h2,5-6,9,13H,3-4,7-8H2,1H3. The molecule has 2 nitrogen and oxygen atoms in total. The van der Waals surface area contributed by atoms with Gasteiger partial charge in [-0.2, -0.15) is 12.6 Å². The number of aromatic nitrogens is 2. The molecule has 0 aliphatic carbocycles. The van der Waals surface area contributed by atoms with E-state index in [2.05, 4.69) is 29.5 Å². The van der Waals surface area contributed by atoms with Crippen LogP contribution in [0.4, 0.5) is 0 Å². The van der Waals surface area contributed by atoms with Crippen LogP contribution in [0.3, 0.4) is 0 Å². The Morgan fingerprint density at radius 1 is 1.36 bits per heavy atom. The number of nitrogens with zero attached hydrogens (tertiary/aromatic N) is 2. The average Bonchev–Trinajstić information content (AvgIpc) is 2.20. The van der Waals surface area contributed by atoms with E-state index >= 15 is 0 Å². The second-order valence-corrected chi connectivity index (χ2v) is 4.80. The first kappa shape index (κ1) is 11.9. The summed E-state index contributed by atoms with van der Waals surface area (Å²) in [6, 6.07) is 1.84. The molecule has 0 N–H and O–H groups in total. The zero-order valence-electron chi connectivity index (χ0n) is 8.39. The van der Waals surface area contributed by atoms with Gasteiger partial charge in [0.2, 0.25) is 0 Å². The molecule has 1 unspecified atom stereocenters. The highest BCUT2D eigenvalue weighted by molar-refractivity contribution is 7.99. The van der Waals surface area contributed by atoms with Gasteiger partial charge in [0.25, 0.3) is 0 Å². The second kappa shape index (κ2) is 7.12. The van der Waals surface area contributed by atoms with Crippen molar-refractivity contribution in [2.75, 3.05) is 11.5 Å². The van der Waals surface area contributed by atoms with Crippen molar-refractivity contribution in [3.05, 3.63) is 18.5 Å². The van der Waals surface area contributed by atoms with Crippen LogP contribution in [0.25, 0.3) is 0 Å². The molecule has 4 heteroatoms. The molecule has 78 valence electrons. The molecule has 0 spiro atoms. The summed E-state index contributed by atoms with van der Waals surface area (Å²) in [5.41, 5.74) is 0. The minimum absolute atomic E-state index is 0.753. The first-order valence-corrected chi connectivity index (χ1v) is 6.45. The minimum atomic E-state index is 0.753. The van der Waals surface area contributed by atoms with Crippen LogP contribution in [0.15, 0.2) is 23.6 Å². The summed E-state index contributed by atoms with van der Waals surface area (Å²) < 4.78 is 0. The van der Waals surface area contributed by atoms with Crippen LogP contribution >= 0.6 is 24.4 Å². The number of rotatable bonds is 6. The van der Waals surface area contributed by atoms with Crippen molar-refractivity contribution < 1.29 is 0 Å². The quantitative estimate of drug-likeness (QED) is 0.460. The largest absolute Gasteiger partial charge is 0.231 e. The van der Waals surface area contributed by atoms with Crippen molar-refractivity contribution in [3.63, 3.8) is 0 Å². The second-order valence-electron chi connectivity index (χ2n) is 3.29. The number of hydrogen-bond donors (Lipinski definition) is 1. The average molecular weight is 228 g/mol. The molecule has 1 aromatic heterocycles. The third-order valence-corrected chi connectivity index (χ3v) is 3.17. The molecular formula is C10H16N2S2. The van der Waals surface area contributed by atoms with Crippen LogP contribution < -0.4 is 0 Å². The van der Waals surface area contributed by atoms with Crippen molar-refractivity contribution in [2.24, 2.45) is 5.92 Å². The van der Waals surface area contributed by atoms with Crippen LogP contribution in [0, 0.1) is 5.92 Å². The molecule has 0 aromatic carbocycles. The van der Waals surface area contributed by atoms with Gasteiger partial charge in [0.15, 0.2) is 5.16 Å². The molecule has 0 fully saturated rings. The predicted molar refractivity (Wildman–Crippen MR) is 65.0 cm³/mol. The van der Waals surface area contributed by atoms with Gasteiger partial charge in [-0.3, -0.25) is 0 Å². The molecule has 0 amide bonds. The predicted octanol–water partition coefficient (Wildman–Crippen LogP) is 2.91. The molecule has 0 saturated carbocycles. The monoisotopic (exact) mass is 228 g/mol. The van der Waals surface area contributed by atoms with Crippen LogP contribution in [-0.2, 0) is 0 Å². The Morgan fingerprint density at radius 2 is 2.07 bits per heavy atom. The lowest BCUT2D eigenvalue weighted by molar-refractivity contribution is 0.554. The van der Waals surface area contributed by atoms with Crippen LogP contribution in [0.2, 0.25) is 0 Å². The van der Waals surface area contributed by atoms with Crippen molar-refractivity contribution in [2.45, 2.75) is 24.9 Å². The first-order chi connectivity index (χ1) is 6.83. The fourth-order valence-corrected chi connectivity index (χ4v) is 2.49. The summed E-state index contributed by atoms with van der Waals surface area (Å²) in [5, 5.41) is 0.880. The lowest BCUT2D eigenvalue weighted by Crippen LogP contribution is -1.97. The molecule has 0 aliphatic heterocycles. The molecular weight excluding hydrogens is 212 g/mol. The Morgan fingerprint density at radius 3 is 2.71 bits per heavy atom. The summed E-state index contributed by atoms with van der Waals surface area (Å²) in [4.78, 5) is 8.32. The Bertz CT molecular complexity index is 241. The summed E-state index contributed by atoms with van der Waals surface area (Å²) >= 11 is 5.95. The fraction of sp³-hybridized carbons (Fsp3) is 0.600. The van der Waals surface area contributed by atoms with E-state index in [4.69, 9.17) is 0 Å². The van der Waals surface area contributed by atoms with Crippen molar-refractivity contribution in [1.29, 1.82) is 0 Å². The SMILES string of the molecule is CC(CCS)CCSc1ncccn1. The van der Waals surface area contributed by atoms with Gasteiger partial charge in [0.05, 0.1) is 0 Å². The Hall–Kier alpha value is -0.220. The highest BCUT2D eigenvalue weighted by atomic mass is 32.2. The summed E-state index contributed by atoms with van der Waals surface area (Å²) in [5.74, 6) is 2.83. The summed E-state index contributed by atoms with van der Waals surface area (Å²) in [6.07, 6.45) is 5.97. The van der Waals surface area contributed by atoms with Crippen molar-refractivity contribution >= 4 is 24.4 Å². The first-order valence-electron chi connectivity index (χ1n) is 4.83. The van der Waals surface area contributed by atoms with Gasteiger partial charge < -0.3 is 0 Å². The maximum absolute atomic E-state index is 4.22. The highest BCUT2D eigenvalue weighted by Crippen LogP contribution is 2.17. The van der Waals surface area contributed by atoms with E-state index in [1.807, 2.05) is 6.07 Å². The van der Waals surface area contributed by atoms with Gasteiger partial charge in [0.1, 0.15) is 0 Å². The zero-order valence-corrected chi connectivity index (χ0v) is 10.1. The number of thiol groups is 1.